The van der Waals surface area contributed by atoms with Crippen LogP contribution in [0.2, 0.25) is 5.02 Å². The third-order valence-corrected chi connectivity index (χ3v) is 6.58. The summed E-state index contributed by atoms with van der Waals surface area (Å²) in [6.07, 6.45) is 5.15. The molecule has 7 N–H and O–H groups in total. The quantitative estimate of drug-likeness (QED) is 0.110. The largest absolute Gasteiger partial charge is 0.494 e. The van der Waals surface area contributed by atoms with Crippen LogP contribution < -0.4 is 37.3 Å². The fraction of sp³-hybridized carbons (Fsp3) is 0.419. The van der Waals surface area contributed by atoms with Gasteiger partial charge in [0.1, 0.15) is 5.75 Å². The van der Waals surface area contributed by atoms with Gasteiger partial charge >= 0.3 is 0 Å². The minimum Gasteiger partial charge on any atom is -0.494 e. The monoisotopic (exact) mass is 556 g/mol. The van der Waals surface area contributed by atoms with E-state index in [-0.39, 0.29) is 0 Å². The van der Waals surface area contributed by atoms with E-state index in [1.165, 1.54) is 6.42 Å². The highest BCUT2D eigenvalue weighted by atomic mass is 35.5. The predicted octanol–water partition coefficient (Wildman–Crippen LogP) is 5.90. The molecule has 0 spiro atoms. The van der Waals surface area contributed by atoms with Crippen molar-refractivity contribution in [2.75, 3.05) is 39.1 Å². The third-order valence-electron chi connectivity index (χ3n) is 6.35. The Kier molecular flexibility index (Phi) is 17.5. The second kappa shape index (κ2) is 20.0. The summed E-state index contributed by atoms with van der Waals surface area (Å²) in [5.41, 5.74) is 8.06. The van der Waals surface area contributed by atoms with Gasteiger partial charge < -0.3 is 26.0 Å². The van der Waals surface area contributed by atoms with Crippen molar-refractivity contribution in [3.05, 3.63) is 95.4 Å². The van der Waals surface area contributed by atoms with Crippen molar-refractivity contribution in [1.82, 2.24) is 21.4 Å². The number of allylic oxidation sites excluding steroid dienone is 2. The van der Waals surface area contributed by atoms with Crippen molar-refractivity contribution in [3.63, 3.8) is 0 Å². The van der Waals surface area contributed by atoms with E-state index in [0.29, 0.717) is 18.6 Å². The molecule has 1 aliphatic heterocycles. The molecule has 2 aromatic rings. The van der Waals surface area contributed by atoms with Crippen LogP contribution >= 0.6 is 11.6 Å². The zero-order valence-electron chi connectivity index (χ0n) is 24.4. The summed E-state index contributed by atoms with van der Waals surface area (Å²) in [4.78, 5) is 0. The first kappa shape index (κ1) is 34.1. The van der Waals surface area contributed by atoms with Gasteiger partial charge in [-0.2, -0.15) is 0 Å². The Morgan fingerprint density at radius 1 is 1.23 bits per heavy atom. The van der Waals surface area contributed by atoms with E-state index < -0.39 is 0 Å². The van der Waals surface area contributed by atoms with Crippen LogP contribution in [0.25, 0.3) is 0 Å². The van der Waals surface area contributed by atoms with Gasteiger partial charge in [0.05, 0.1) is 12.3 Å². The molecule has 2 atom stereocenters. The molecule has 3 rings (SSSR count). The van der Waals surface area contributed by atoms with Crippen LogP contribution in [-0.4, -0.2) is 39.8 Å². The van der Waals surface area contributed by atoms with Crippen molar-refractivity contribution in [3.8, 4) is 5.75 Å². The molecule has 0 bridgehead atoms. The van der Waals surface area contributed by atoms with Crippen LogP contribution in [0, 0.1) is 0 Å². The molecular weight excluding hydrogens is 508 g/mol. The van der Waals surface area contributed by atoms with Crippen LogP contribution in [0.1, 0.15) is 51.5 Å². The van der Waals surface area contributed by atoms with Crippen LogP contribution in [0.15, 0.2) is 84.9 Å². The summed E-state index contributed by atoms with van der Waals surface area (Å²) >= 11 is 6.00. The number of hydrogen-bond donors (Lipinski definition) is 6. The summed E-state index contributed by atoms with van der Waals surface area (Å²) in [7, 11) is 3.81. The number of anilines is 1. The van der Waals surface area contributed by atoms with Gasteiger partial charge in [-0.1, -0.05) is 49.9 Å². The number of hydrogen-bond acceptors (Lipinski definition) is 7. The molecule has 1 heterocycles. The molecule has 2 aromatic carbocycles. The molecule has 1 fully saturated rings. The number of nitrogens with two attached hydrogens (primary N) is 1. The highest BCUT2D eigenvalue weighted by Gasteiger charge is 2.17. The first-order valence-electron chi connectivity index (χ1n) is 13.6. The average molecular weight is 557 g/mol. The number of para-hydroxylation sites is 1. The Morgan fingerprint density at radius 3 is 2.46 bits per heavy atom. The van der Waals surface area contributed by atoms with E-state index >= 15 is 0 Å². The van der Waals surface area contributed by atoms with Gasteiger partial charge in [0.2, 0.25) is 0 Å². The smallest absolute Gasteiger partial charge is 0.122 e. The van der Waals surface area contributed by atoms with Crippen molar-refractivity contribution in [2.45, 2.75) is 52.0 Å². The number of ether oxygens (including phenoxy) is 1. The molecule has 216 valence electrons. The van der Waals surface area contributed by atoms with Gasteiger partial charge in [-0.05, 0) is 87.5 Å². The summed E-state index contributed by atoms with van der Waals surface area (Å²) in [6, 6.07) is 16.2. The minimum atomic E-state index is 0.372. The van der Waals surface area contributed by atoms with Crippen LogP contribution in [0.5, 0.6) is 5.75 Å². The minimum absolute atomic E-state index is 0.372. The van der Waals surface area contributed by atoms with Crippen molar-refractivity contribution in [1.29, 1.82) is 0 Å². The second-order valence-corrected chi connectivity index (χ2v) is 9.60. The first-order valence-corrected chi connectivity index (χ1v) is 14.0. The van der Waals surface area contributed by atoms with Gasteiger partial charge in [-0.25, -0.2) is 0 Å². The Hall–Kier alpha value is -2.97. The Morgan fingerprint density at radius 2 is 1.95 bits per heavy atom. The Labute approximate surface area is 241 Å². The second-order valence-electron chi connectivity index (χ2n) is 9.17. The molecule has 1 aliphatic rings. The lowest BCUT2D eigenvalue weighted by molar-refractivity contribution is 0.334. The van der Waals surface area contributed by atoms with E-state index in [1.54, 1.807) is 0 Å². The van der Waals surface area contributed by atoms with E-state index in [1.807, 2.05) is 82.5 Å². The molecule has 1 saturated heterocycles. The van der Waals surface area contributed by atoms with E-state index in [0.717, 1.165) is 65.0 Å². The number of rotatable bonds is 12. The van der Waals surface area contributed by atoms with Crippen LogP contribution in [-0.2, 0) is 0 Å². The van der Waals surface area contributed by atoms with Crippen molar-refractivity contribution in [2.24, 2.45) is 5.84 Å². The average Bonchev–Trinajstić information content (AvgIpc) is 3.52. The number of nitrogens with one attached hydrogen (secondary N) is 5. The Bertz CT molecular complexity index is 1010. The lowest BCUT2D eigenvalue weighted by Crippen LogP contribution is -2.31. The standard InChI is InChI=1S/C12H19ClN2O.C12H21N3.C7H9N/c1-3-16-12-5-4-10(13)8-11(12)9(2)6-7-15-14;1-5-11(9(2)13-4)15-10(3)12-7-6-8-14-12;1-8-7-5-3-2-4-6-7/h4-5,8-9,15H,3,6-7,14H2,1-2H3;5,12-15H,1,3,6-8H2,2,4H3;2-6,8H,1H3/b;11-9+;/t9-;;/m0../s1. The molecule has 0 amide bonds. The first-order chi connectivity index (χ1) is 18.8. The maximum absolute atomic E-state index is 6.00. The van der Waals surface area contributed by atoms with Gasteiger partial charge in [-0.3, -0.25) is 11.3 Å². The van der Waals surface area contributed by atoms with Crippen LogP contribution in [0.4, 0.5) is 5.69 Å². The predicted molar refractivity (Wildman–Crippen MR) is 169 cm³/mol. The van der Waals surface area contributed by atoms with E-state index in [2.05, 4.69) is 46.8 Å². The maximum atomic E-state index is 6.00. The van der Waals surface area contributed by atoms with E-state index in [4.69, 9.17) is 22.2 Å². The zero-order chi connectivity index (χ0) is 29.0. The lowest BCUT2D eigenvalue weighted by Gasteiger charge is -2.18. The van der Waals surface area contributed by atoms with Gasteiger partial charge in [0.25, 0.3) is 0 Å². The molecule has 0 aromatic heterocycles. The molecule has 1 unspecified atom stereocenters. The number of hydrazine groups is 1. The molecule has 0 saturated carbocycles. The molecule has 0 radical (unpaired) electrons. The van der Waals surface area contributed by atoms with Crippen molar-refractivity contribution >= 4 is 17.3 Å². The molecule has 7 nitrogen and oxygen atoms in total. The summed E-state index contributed by atoms with van der Waals surface area (Å²) < 4.78 is 5.58. The summed E-state index contributed by atoms with van der Waals surface area (Å²) in [6.45, 7) is 16.5. The lowest BCUT2D eigenvalue weighted by atomic mass is 9.97. The SMILES string of the molecule is C=C/C(NC(=C)C1CCCN1)=C(/C)NC.CCOc1ccc(Cl)cc1[C@@H](C)CCNN.CNc1ccccc1. The maximum Gasteiger partial charge on any atom is 0.122 e. The fourth-order valence-electron chi connectivity index (χ4n) is 3.93. The van der Waals surface area contributed by atoms with Gasteiger partial charge in [0, 0.05) is 48.8 Å². The molecular formula is C31H49ClN6O. The topological polar surface area (TPSA) is 95.4 Å². The Balaban J connectivity index is 0.000000308. The fourth-order valence-corrected chi connectivity index (χ4v) is 4.11. The molecule has 8 heteroatoms. The normalized spacial score (nSPS) is 15.3. The van der Waals surface area contributed by atoms with Crippen LogP contribution in [0.3, 0.4) is 0 Å². The molecule has 39 heavy (non-hydrogen) atoms. The highest BCUT2D eigenvalue weighted by Crippen LogP contribution is 2.31. The summed E-state index contributed by atoms with van der Waals surface area (Å²) in [5, 5.41) is 13.6. The van der Waals surface area contributed by atoms with Crippen molar-refractivity contribution < 1.29 is 4.74 Å². The van der Waals surface area contributed by atoms with Gasteiger partial charge in [0.15, 0.2) is 0 Å². The highest BCUT2D eigenvalue weighted by molar-refractivity contribution is 6.30. The number of benzene rings is 2. The molecule has 0 aliphatic carbocycles. The van der Waals surface area contributed by atoms with E-state index in [9.17, 15) is 0 Å². The summed E-state index contributed by atoms with van der Waals surface area (Å²) in [5.74, 6) is 6.56. The third kappa shape index (κ3) is 13.1. The zero-order valence-corrected chi connectivity index (χ0v) is 25.1. The number of halogens is 1. The van der Waals surface area contributed by atoms with Gasteiger partial charge in [-0.15, -0.1) is 0 Å².